The normalized spacial score (nSPS) is 17.5. The lowest BCUT2D eigenvalue weighted by Crippen LogP contribution is -2.39. The van der Waals surface area contributed by atoms with Crippen molar-refractivity contribution in [3.63, 3.8) is 0 Å². The summed E-state index contributed by atoms with van der Waals surface area (Å²) in [5, 5.41) is 9.37. The average Bonchev–Trinajstić information content (AvgIpc) is 3.09. The number of aromatic amines is 1. The molecule has 1 saturated heterocycles. The molecular formula is C16H18FN3O4. The SMILES string of the molecule is O=C(NCC1COCCO1)c1cc(COc2ccccc2F)[nH]n1. The van der Waals surface area contributed by atoms with Crippen molar-refractivity contribution in [2.24, 2.45) is 0 Å². The Balaban J connectivity index is 1.49. The lowest BCUT2D eigenvalue weighted by molar-refractivity contribution is -0.0855. The molecule has 2 aromatic rings. The number of carbonyl (C=O) groups excluding carboxylic acids is 1. The Labute approximate surface area is 138 Å². The highest BCUT2D eigenvalue weighted by Gasteiger charge is 2.17. The van der Waals surface area contributed by atoms with Crippen molar-refractivity contribution in [2.75, 3.05) is 26.4 Å². The second kappa shape index (κ2) is 7.89. The van der Waals surface area contributed by atoms with Crippen LogP contribution in [0.25, 0.3) is 0 Å². The number of rotatable bonds is 6. The fourth-order valence-electron chi connectivity index (χ4n) is 2.22. The molecule has 1 fully saturated rings. The third kappa shape index (κ3) is 4.30. The minimum absolute atomic E-state index is 0.0841. The number of ether oxygens (including phenoxy) is 3. The van der Waals surface area contributed by atoms with E-state index in [4.69, 9.17) is 14.2 Å². The molecule has 0 spiro atoms. The minimum Gasteiger partial charge on any atom is -0.484 e. The Morgan fingerprint density at radius 3 is 3.08 bits per heavy atom. The van der Waals surface area contributed by atoms with E-state index in [-0.39, 0.29) is 30.1 Å². The molecule has 1 aliphatic rings. The summed E-state index contributed by atoms with van der Waals surface area (Å²) in [5.74, 6) is -0.616. The van der Waals surface area contributed by atoms with E-state index in [0.29, 0.717) is 32.1 Å². The highest BCUT2D eigenvalue weighted by molar-refractivity contribution is 5.92. The number of hydrogen-bond acceptors (Lipinski definition) is 5. The quantitative estimate of drug-likeness (QED) is 0.830. The van der Waals surface area contributed by atoms with Crippen LogP contribution >= 0.6 is 0 Å². The van der Waals surface area contributed by atoms with Crippen LogP contribution in [0.3, 0.4) is 0 Å². The molecule has 1 aromatic heterocycles. The Kier molecular flexibility index (Phi) is 5.39. The third-order valence-electron chi connectivity index (χ3n) is 3.46. The number of benzene rings is 1. The van der Waals surface area contributed by atoms with Gasteiger partial charge in [0.1, 0.15) is 12.3 Å². The molecule has 24 heavy (non-hydrogen) atoms. The van der Waals surface area contributed by atoms with Crippen LogP contribution in [0, 0.1) is 5.82 Å². The maximum absolute atomic E-state index is 13.5. The standard InChI is InChI=1S/C16H18FN3O4/c17-13-3-1-2-4-15(13)24-9-11-7-14(20-19-11)16(21)18-8-12-10-22-5-6-23-12/h1-4,7,12H,5-6,8-10H2,(H,18,21)(H,19,20). The Morgan fingerprint density at radius 2 is 2.29 bits per heavy atom. The molecule has 128 valence electrons. The maximum atomic E-state index is 13.5. The lowest BCUT2D eigenvalue weighted by Gasteiger charge is -2.22. The first kappa shape index (κ1) is 16.4. The van der Waals surface area contributed by atoms with Gasteiger partial charge in [0.2, 0.25) is 0 Å². The summed E-state index contributed by atoms with van der Waals surface area (Å²) in [4.78, 5) is 12.0. The highest BCUT2D eigenvalue weighted by Crippen LogP contribution is 2.16. The average molecular weight is 335 g/mol. The monoisotopic (exact) mass is 335 g/mol. The van der Waals surface area contributed by atoms with Gasteiger partial charge < -0.3 is 19.5 Å². The minimum atomic E-state index is -0.440. The van der Waals surface area contributed by atoms with E-state index in [1.807, 2.05) is 0 Å². The molecule has 2 heterocycles. The van der Waals surface area contributed by atoms with E-state index < -0.39 is 5.82 Å². The van der Waals surface area contributed by atoms with Gasteiger partial charge in [0, 0.05) is 6.54 Å². The third-order valence-corrected chi connectivity index (χ3v) is 3.46. The van der Waals surface area contributed by atoms with Crippen LogP contribution in [0.2, 0.25) is 0 Å². The van der Waals surface area contributed by atoms with Crippen LogP contribution in [-0.2, 0) is 16.1 Å². The predicted molar refractivity (Wildman–Crippen MR) is 82.2 cm³/mol. The zero-order valence-corrected chi connectivity index (χ0v) is 13.0. The van der Waals surface area contributed by atoms with E-state index in [2.05, 4.69) is 15.5 Å². The van der Waals surface area contributed by atoms with E-state index in [1.54, 1.807) is 18.2 Å². The topological polar surface area (TPSA) is 85.5 Å². The number of carbonyl (C=O) groups is 1. The zero-order chi connectivity index (χ0) is 16.8. The van der Waals surface area contributed by atoms with Crippen LogP contribution in [-0.4, -0.2) is 48.6 Å². The molecule has 1 aromatic carbocycles. The van der Waals surface area contributed by atoms with E-state index in [0.717, 1.165) is 0 Å². The summed E-state index contributed by atoms with van der Waals surface area (Å²) in [6.45, 7) is 2.01. The highest BCUT2D eigenvalue weighted by atomic mass is 19.1. The van der Waals surface area contributed by atoms with Gasteiger partial charge in [-0.2, -0.15) is 5.10 Å². The van der Waals surface area contributed by atoms with Crippen LogP contribution in [0.15, 0.2) is 30.3 Å². The summed E-state index contributed by atoms with van der Waals surface area (Å²) >= 11 is 0. The van der Waals surface area contributed by atoms with Crippen molar-refractivity contribution in [2.45, 2.75) is 12.7 Å². The first-order valence-electron chi connectivity index (χ1n) is 7.61. The molecule has 0 saturated carbocycles. The van der Waals surface area contributed by atoms with Gasteiger partial charge in [0.05, 0.1) is 31.6 Å². The molecular weight excluding hydrogens is 317 g/mol. The molecule has 3 rings (SSSR count). The number of aromatic nitrogens is 2. The van der Waals surface area contributed by atoms with Gasteiger partial charge in [-0.05, 0) is 18.2 Å². The number of nitrogens with one attached hydrogen (secondary N) is 2. The number of para-hydroxylation sites is 1. The van der Waals surface area contributed by atoms with Gasteiger partial charge in [-0.15, -0.1) is 0 Å². The number of amides is 1. The smallest absolute Gasteiger partial charge is 0.271 e. The van der Waals surface area contributed by atoms with Crippen molar-refractivity contribution < 1.29 is 23.4 Å². The van der Waals surface area contributed by atoms with Gasteiger partial charge in [-0.25, -0.2) is 4.39 Å². The van der Waals surface area contributed by atoms with Crippen LogP contribution in [0.1, 0.15) is 16.2 Å². The molecule has 0 aliphatic carbocycles. The van der Waals surface area contributed by atoms with Crippen molar-refractivity contribution >= 4 is 5.91 Å². The van der Waals surface area contributed by atoms with Gasteiger partial charge in [-0.3, -0.25) is 9.89 Å². The number of halogens is 1. The molecule has 0 radical (unpaired) electrons. The summed E-state index contributed by atoms with van der Waals surface area (Å²) in [6.07, 6.45) is -0.148. The zero-order valence-electron chi connectivity index (χ0n) is 13.0. The second-order valence-electron chi connectivity index (χ2n) is 5.28. The summed E-state index contributed by atoms with van der Waals surface area (Å²) < 4.78 is 29.5. The summed E-state index contributed by atoms with van der Waals surface area (Å²) in [5.41, 5.74) is 0.805. The summed E-state index contributed by atoms with van der Waals surface area (Å²) in [6, 6.07) is 7.68. The fourth-order valence-corrected chi connectivity index (χ4v) is 2.22. The molecule has 1 aliphatic heterocycles. The largest absolute Gasteiger partial charge is 0.484 e. The molecule has 2 N–H and O–H groups in total. The van der Waals surface area contributed by atoms with Crippen LogP contribution in [0.5, 0.6) is 5.75 Å². The van der Waals surface area contributed by atoms with Gasteiger partial charge in [0.15, 0.2) is 11.6 Å². The summed E-state index contributed by atoms with van der Waals surface area (Å²) in [7, 11) is 0. The first-order valence-corrected chi connectivity index (χ1v) is 7.61. The molecule has 1 unspecified atom stereocenters. The van der Waals surface area contributed by atoms with Crippen molar-refractivity contribution in [1.29, 1.82) is 0 Å². The molecule has 1 atom stereocenters. The molecule has 1 amide bonds. The molecule has 0 bridgehead atoms. The van der Waals surface area contributed by atoms with Crippen molar-refractivity contribution in [1.82, 2.24) is 15.5 Å². The van der Waals surface area contributed by atoms with Crippen LogP contribution < -0.4 is 10.1 Å². The van der Waals surface area contributed by atoms with E-state index >= 15 is 0 Å². The van der Waals surface area contributed by atoms with Gasteiger partial charge >= 0.3 is 0 Å². The van der Waals surface area contributed by atoms with E-state index in [1.165, 1.54) is 12.1 Å². The maximum Gasteiger partial charge on any atom is 0.271 e. The Morgan fingerprint density at radius 1 is 1.42 bits per heavy atom. The lowest BCUT2D eigenvalue weighted by atomic mass is 10.3. The molecule has 8 heteroatoms. The van der Waals surface area contributed by atoms with Gasteiger partial charge in [-0.1, -0.05) is 12.1 Å². The van der Waals surface area contributed by atoms with Crippen LogP contribution in [0.4, 0.5) is 4.39 Å². The Bertz CT molecular complexity index is 685. The molecule has 7 nitrogen and oxygen atoms in total. The van der Waals surface area contributed by atoms with E-state index in [9.17, 15) is 9.18 Å². The fraction of sp³-hybridized carbons (Fsp3) is 0.375. The van der Waals surface area contributed by atoms with Crippen molar-refractivity contribution in [3.8, 4) is 5.75 Å². The number of hydrogen-bond donors (Lipinski definition) is 2. The van der Waals surface area contributed by atoms with Gasteiger partial charge in [0.25, 0.3) is 5.91 Å². The Hall–Kier alpha value is -2.45. The predicted octanol–water partition coefficient (Wildman–Crippen LogP) is 1.27. The second-order valence-corrected chi connectivity index (χ2v) is 5.28. The number of H-pyrrole nitrogens is 1. The van der Waals surface area contributed by atoms with Crippen molar-refractivity contribution in [3.05, 3.63) is 47.5 Å². The first-order chi connectivity index (χ1) is 11.7. The number of nitrogens with zero attached hydrogens (tertiary/aromatic N) is 1.